The zero-order valence-corrected chi connectivity index (χ0v) is 12.3. The van der Waals surface area contributed by atoms with Gasteiger partial charge in [0, 0.05) is 35.6 Å². The molecule has 0 fully saturated rings. The predicted molar refractivity (Wildman–Crippen MR) is 79.8 cm³/mol. The summed E-state index contributed by atoms with van der Waals surface area (Å²) in [5.41, 5.74) is 4.76. The lowest BCUT2D eigenvalue weighted by Crippen LogP contribution is -2.15. The summed E-state index contributed by atoms with van der Waals surface area (Å²) in [6.45, 7) is -0.0677. The largest absolute Gasteiger partial charge is 0.411 e. The normalized spacial score (nSPS) is 8.32. The van der Waals surface area contributed by atoms with Crippen LogP contribution in [0.4, 0.5) is 4.79 Å². The van der Waals surface area contributed by atoms with Crippen molar-refractivity contribution in [2.24, 2.45) is 5.73 Å². The van der Waals surface area contributed by atoms with Crippen LogP contribution in [-0.2, 0) is 4.79 Å². The number of nitrogens with two attached hydrogens (primary N) is 1. The van der Waals surface area contributed by atoms with E-state index in [0.29, 0.717) is 5.75 Å². The highest BCUT2D eigenvalue weighted by atomic mass is 127. The molecule has 6 heteroatoms. The number of benzene rings is 1. The Morgan fingerprint density at radius 2 is 1.95 bits per heavy atom. The molecule has 1 aromatic carbocycles. The van der Waals surface area contributed by atoms with Crippen molar-refractivity contribution in [1.29, 1.82) is 0 Å². The van der Waals surface area contributed by atoms with Crippen LogP contribution in [0.2, 0.25) is 0 Å². The lowest BCUT2D eigenvalue weighted by atomic mass is 10.2. The first-order valence-corrected chi connectivity index (χ1v) is 6.41. The first kappa shape index (κ1) is 17.4. The summed E-state index contributed by atoms with van der Waals surface area (Å²) in [4.78, 5) is 20.7. The minimum atomic E-state index is -0.786. The van der Waals surface area contributed by atoms with E-state index in [0.717, 1.165) is 0 Å². The SMILES string of the molecule is NC(=O)Oc1ccccc1.O=C(CC#CI)CCO. The molecule has 0 saturated heterocycles. The smallest absolute Gasteiger partial charge is 0.409 e. The van der Waals surface area contributed by atoms with E-state index in [9.17, 15) is 9.59 Å². The highest BCUT2D eigenvalue weighted by molar-refractivity contribution is 14.1. The number of hydrogen-bond acceptors (Lipinski definition) is 4. The van der Waals surface area contributed by atoms with E-state index in [-0.39, 0.29) is 25.2 Å². The van der Waals surface area contributed by atoms with Gasteiger partial charge in [-0.15, -0.1) is 0 Å². The Labute approximate surface area is 125 Å². The molecule has 5 nitrogen and oxygen atoms in total. The molecule has 3 N–H and O–H groups in total. The van der Waals surface area contributed by atoms with Crippen LogP contribution in [0.5, 0.6) is 5.75 Å². The van der Waals surface area contributed by atoms with Gasteiger partial charge in [0.25, 0.3) is 0 Å². The molecule has 0 spiro atoms. The van der Waals surface area contributed by atoms with E-state index in [4.69, 9.17) is 10.8 Å². The number of primary amides is 1. The number of ether oxygens (including phenoxy) is 1. The molecule has 0 unspecified atom stereocenters. The number of rotatable bonds is 4. The van der Waals surface area contributed by atoms with Crippen molar-refractivity contribution in [2.45, 2.75) is 12.8 Å². The second-order valence-electron chi connectivity index (χ2n) is 3.19. The lowest BCUT2D eigenvalue weighted by molar-refractivity contribution is -0.118. The Kier molecular flexibility index (Phi) is 10.5. The number of carbonyl (C=O) groups excluding carboxylic acids is 2. The van der Waals surface area contributed by atoms with Crippen molar-refractivity contribution >= 4 is 34.5 Å². The van der Waals surface area contributed by atoms with Gasteiger partial charge in [-0.25, -0.2) is 4.79 Å². The van der Waals surface area contributed by atoms with Crippen LogP contribution in [0.25, 0.3) is 0 Å². The fourth-order valence-corrected chi connectivity index (χ4v) is 1.14. The van der Waals surface area contributed by atoms with Gasteiger partial charge in [0.2, 0.25) is 0 Å². The van der Waals surface area contributed by atoms with E-state index >= 15 is 0 Å². The number of para-hydroxylation sites is 1. The summed E-state index contributed by atoms with van der Waals surface area (Å²) in [5.74, 6) is 3.08. The van der Waals surface area contributed by atoms with E-state index < -0.39 is 6.09 Å². The summed E-state index contributed by atoms with van der Waals surface area (Å²) >= 11 is 1.87. The first-order valence-electron chi connectivity index (χ1n) is 5.33. The van der Waals surface area contributed by atoms with Gasteiger partial charge in [-0.05, 0) is 16.1 Å². The Bertz CT molecular complexity index is 451. The number of aliphatic hydroxyl groups excluding tert-OH is 1. The topological polar surface area (TPSA) is 89.6 Å². The van der Waals surface area contributed by atoms with Gasteiger partial charge in [-0.3, -0.25) is 4.79 Å². The van der Waals surface area contributed by atoms with Crippen molar-refractivity contribution < 1.29 is 19.4 Å². The van der Waals surface area contributed by atoms with Crippen LogP contribution in [-0.4, -0.2) is 23.6 Å². The van der Waals surface area contributed by atoms with Gasteiger partial charge in [0.1, 0.15) is 11.5 Å². The van der Waals surface area contributed by atoms with Gasteiger partial charge in [-0.2, -0.15) is 0 Å². The van der Waals surface area contributed by atoms with Crippen molar-refractivity contribution in [3.8, 4) is 15.6 Å². The summed E-state index contributed by atoms with van der Waals surface area (Å²) < 4.78 is 7.13. The van der Waals surface area contributed by atoms with E-state index in [1.165, 1.54) is 0 Å². The van der Waals surface area contributed by atoms with Gasteiger partial charge in [-0.1, -0.05) is 24.1 Å². The highest BCUT2D eigenvalue weighted by Crippen LogP contribution is 2.07. The Morgan fingerprint density at radius 3 is 2.42 bits per heavy atom. The highest BCUT2D eigenvalue weighted by Gasteiger charge is 1.95. The standard InChI is InChI=1S/C7H7NO2.C6H7IO2/c8-7(9)10-6-4-2-1-3-5-6;7-4-1-2-6(9)3-5-8/h1-5H,(H2,8,9);8H,2-3,5H2. The van der Waals surface area contributed by atoms with Crippen LogP contribution < -0.4 is 10.5 Å². The third kappa shape index (κ3) is 11.2. The van der Waals surface area contributed by atoms with Crippen LogP contribution in [0.15, 0.2) is 30.3 Å². The third-order valence-electron chi connectivity index (χ3n) is 1.70. The fraction of sp³-hybridized carbons (Fsp3) is 0.231. The molecule has 19 heavy (non-hydrogen) atoms. The maximum Gasteiger partial charge on any atom is 0.409 e. The zero-order valence-electron chi connectivity index (χ0n) is 10.1. The Balaban J connectivity index is 0.000000344. The number of hydrogen-bond donors (Lipinski definition) is 2. The fourth-order valence-electron chi connectivity index (χ4n) is 0.950. The molecule has 0 aliphatic carbocycles. The molecular formula is C13H14INO4. The monoisotopic (exact) mass is 375 g/mol. The van der Waals surface area contributed by atoms with Gasteiger partial charge in [0.15, 0.2) is 0 Å². The molecule has 102 valence electrons. The first-order chi connectivity index (χ1) is 9.10. The summed E-state index contributed by atoms with van der Waals surface area (Å²) in [6, 6.07) is 8.67. The van der Waals surface area contributed by atoms with E-state index in [2.05, 4.69) is 14.6 Å². The quantitative estimate of drug-likeness (QED) is 0.621. The Hall–Kier alpha value is -1.59. The van der Waals surface area contributed by atoms with Crippen LogP contribution in [0.3, 0.4) is 0 Å². The second kappa shape index (κ2) is 11.5. The number of ketones is 1. The Morgan fingerprint density at radius 1 is 1.32 bits per heavy atom. The third-order valence-corrected chi connectivity index (χ3v) is 2.09. The maximum atomic E-state index is 10.5. The average Bonchev–Trinajstić information content (AvgIpc) is 2.38. The number of amides is 1. The molecule has 0 radical (unpaired) electrons. The van der Waals surface area contributed by atoms with E-state index in [1.54, 1.807) is 24.3 Å². The molecule has 1 rings (SSSR count). The van der Waals surface area contributed by atoms with Crippen molar-refractivity contribution in [3.05, 3.63) is 30.3 Å². The number of halogens is 1. The summed E-state index contributed by atoms with van der Waals surface area (Å²) in [7, 11) is 0. The zero-order chi connectivity index (χ0) is 14.5. The van der Waals surface area contributed by atoms with Crippen molar-refractivity contribution in [3.63, 3.8) is 0 Å². The molecule has 1 aromatic rings. The molecule has 0 aromatic heterocycles. The van der Waals surface area contributed by atoms with Crippen LogP contribution in [0.1, 0.15) is 12.8 Å². The molecule has 0 bridgehead atoms. The lowest BCUT2D eigenvalue weighted by Gasteiger charge is -1.96. The minimum absolute atomic E-state index is 0.00154. The molecule has 0 aliphatic rings. The molecule has 0 aliphatic heterocycles. The molecule has 0 atom stereocenters. The van der Waals surface area contributed by atoms with Crippen LogP contribution in [0, 0.1) is 9.85 Å². The molecular weight excluding hydrogens is 361 g/mol. The molecule has 0 heterocycles. The number of Topliss-reactive ketones (excluding diaryl/α,β-unsaturated/α-hetero) is 1. The maximum absolute atomic E-state index is 10.5. The van der Waals surface area contributed by atoms with Gasteiger partial charge in [0.05, 0.1) is 6.42 Å². The molecule has 1 amide bonds. The summed E-state index contributed by atoms with van der Waals surface area (Å²) in [6.07, 6.45) is -0.291. The predicted octanol–water partition coefficient (Wildman–Crippen LogP) is 1.87. The number of aliphatic hydroxyl groups is 1. The van der Waals surface area contributed by atoms with Crippen molar-refractivity contribution in [2.75, 3.05) is 6.61 Å². The van der Waals surface area contributed by atoms with Crippen molar-refractivity contribution in [1.82, 2.24) is 0 Å². The van der Waals surface area contributed by atoms with Crippen LogP contribution >= 0.6 is 22.6 Å². The average molecular weight is 375 g/mol. The van der Waals surface area contributed by atoms with Gasteiger partial charge < -0.3 is 15.6 Å². The molecule has 0 saturated carbocycles. The van der Waals surface area contributed by atoms with E-state index in [1.807, 2.05) is 28.7 Å². The minimum Gasteiger partial charge on any atom is -0.411 e. The summed E-state index contributed by atoms with van der Waals surface area (Å²) in [5, 5.41) is 8.27. The number of carbonyl (C=O) groups is 2. The van der Waals surface area contributed by atoms with Gasteiger partial charge >= 0.3 is 6.09 Å². The second-order valence-corrected chi connectivity index (χ2v) is 3.73.